The Morgan fingerprint density at radius 2 is 2.21 bits per heavy atom. The Kier molecular flexibility index (Phi) is 4.19. The zero-order valence-corrected chi connectivity index (χ0v) is 13.7. The van der Waals surface area contributed by atoms with Gasteiger partial charge in [-0.3, -0.25) is 9.48 Å². The third-order valence-corrected chi connectivity index (χ3v) is 4.73. The van der Waals surface area contributed by atoms with E-state index in [1.165, 1.54) is 12.8 Å². The molecule has 2 fully saturated rings. The molecule has 2 aromatic rings. The summed E-state index contributed by atoms with van der Waals surface area (Å²) in [6, 6.07) is 5.79. The molecule has 0 spiro atoms. The van der Waals surface area contributed by atoms with Gasteiger partial charge >= 0.3 is 0 Å². The number of amides is 1. The average molecular weight is 326 g/mol. The highest BCUT2D eigenvalue weighted by atomic mass is 16.5. The van der Waals surface area contributed by atoms with E-state index in [4.69, 9.17) is 4.74 Å². The van der Waals surface area contributed by atoms with Crippen molar-refractivity contribution in [3.05, 3.63) is 42.4 Å². The fourth-order valence-electron chi connectivity index (χ4n) is 3.11. The van der Waals surface area contributed by atoms with Crippen LogP contribution >= 0.6 is 0 Å². The molecule has 2 aromatic heterocycles. The maximum atomic E-state index is 12.7. The van der Waals surface area contributed by atoms with Gasteiger partial charge in [0.05, 0.1) is 18.2 Å². The lowest BCUT2D eigenvalue weighted by molar-refractivity contribution is 0.0672. The zero-order chi connectivity index (χ0) is 16.4. The van der Waals surface area contributed by atoms with Crippen molar-refractivity contribution in [3.63, 3.8) is 0 Å². The molecular formula is C18H22N4O2. The van der Waals surface area contributed by atoms with Gasteiger partial charge in [-0.15, -0.1) is 0 Å². The van der Waals surface area contributed by atoms with Gasteiger partial charge in [-0.05, 0) is 43.7 Å². The van der Waals surface area contributed by atoms with Gasteiger partial charge in [-0.1, -0.05) is 0 Å². The predicted octanol–water partition coefficient (Wildman–Crippen LogP) is 2.54. The van der Waals surface area contributed by atoms with Crippen LogP contribution in [0.3, 0.4) is 0 Å². The number of likely N-dealkylation sites (tertiary alicyclic amines) is 1. The van der Waals surface area contributed by atoms with E-state index in [-0.39, 0.29) is 11.9 Å². The summed E-state index contributed by atoms with van der Waals surface area (Å²) in [6.07, 6.45) is 9.93. The van der Waals surface area contributed by atoms with Crippen LogP contribution in [0.4, 0.5) is 0 Å². The lowest BCUT2D eigenvalue weighted by Gasteiger charge is -2.32. The first-order valence-electron chi connectivity index (χ1n) is 8.67. The first-order valence-corrected chi connectivity index (χ1v) is 8.67. The van der Waals surface area contributed by atoms with Gasteiger partial charge < -0.3 is 9.64 Å². The SMILES string of the molecule is O=C(c1ccc(OCC2CC2)nc1)N1CCCC(n2cccn2)C1. The molecule has 2 aliphatic rings. The summed E-state index contributed by atoms with van der Waals surface area (Å²) in [5.41, 5.74) is 0.620. The average Bonchev–Trinajstić information content (AvgIpc) is 3.30. The normalized spacial score (nSPS) is 20.8. The molecule has 6 nitrogen and oxygen atoms in total. The first kappa shape index (κ1) is 15.2. The summed E-state index contributed by atoms with van der Waals surface area (Å²) in [4.78, 5) is 18.9. The number of carbonyl (C=O) groups is 1. The van der Waals surface area contributed by atoms with Crippen LogP contribution in [-0.2, 0) is 0 Å². The maximum Gasteiger partial charge on any atom is 0.255 e. The highest BCUT2D eigenvalue weighted by molar-refractivity contribution is 5.94. The minimum absolute atomic E-state index is 0.0353. The highest BCUT2D eigenvalue weighted by Gasteiger charge is 2.26. The van der Waals surface area contributed by atoms with E-state index in [0.29, 0.717) is 23.9 Å². The van der Waals surface area contributed by atoms with Crippen molar-refractivity contribution in [2.45, 2.75) is 31.7 Å². The van der Waals surface area contributed by atoms with E-state index in [0.717, 1.165) is 26.0 Å². The second kappa shape index (κ2) is 6.63. The van der Waals surface area contributed by atoms with E-state index in [1.54, 1.807) is 18.5 Å². The summed E-state index contributed by atoms with van der Waals surface area (Å²) >= 11 is 0. The zero-order valence-electron chi connectivity index (χ0n) is 13.7. The smallest absolute Gasteiger partial charge is 0.255 e. The third kappa shape index (κ3) is 3.42. The minimum Gasteiger partial charge on any atom is -0.477 e. The number of carbonyl (C=O) groups excluding carboxylic acids is 1. The number of pyridine rings is 1. The largest absolute Gasteiger partial charge is 0.477 e. The Morgan fingerprint density at radius 3 is 2.92 bits per heavy atom. The molecule has 4 rings (SSSR count). The van der Waals surface area contributed by atoms with E-state index < -0.39 is 0 Å². The van der Waals surface area contributed by atoms with Crippen molar-refractivity contribution in [1.82, 2.24) is 19.7 Å². The molecule has 1 saturated carbocycles. The number of piperidine rings is 1. The molecule has 6 heteroatoms. The molecule has 1 aliphatic heterocycles. The standard InChI is InChI=1S/C18H22N4O2/c23-18(15-6-7-17(19-11-15)24-13-14-4-5-14)21-9-1-3-16(12-21)22-10-2-8-20-22/h2,6-8,10-11,14,16H,1,3-5,9,12-13H2. The van der Waals surface area contributed by atoms with Crippen LogP contribution in [0.1, 0.15) is 42.1 Å². The van der Waals surface area contributed by atoms with Crippen molar-refractivity contribution < 1.29 is 9.53 Å². The molecule has 1 amide bonds. The van der Waals surface area contributed by atoms with Crippen LogP contribution < -0.4 is 4.74 Å². The molecule has 1 unspecified atom stereocenters. The van der Waals surface area contributed by atoms with E-state index in [1.807, 2.05) is 27.9 Å². The Bertz CT molecular complexity index is 680. The number of hydrogen-bond donors (Lipinski definition) is 0. The van der Waals surface area contributed by atoms with Crippen LogP contribution in [0.5, 0.6) is 5.88 Å². The van der Waals surface area contributed by atoms with Crippen molar-refractivity contribution in [1.29, 1.82) is 0 Å². The van der Waals surface area contributed by atoms with Gasteiger partial charge in [0.15, 0.2) is 0 Å². The van der Waals surface area contributed by atoms with E-state index in [2.05, 4.69) is 10.1 Å². The quantitative estimate of drug-likeness (QED) is 0.847. The Balaban J connectivity index is 1.38. The summed E-state index contributed by atoms with van der Waals surface area (Å²) in [6.45, 7) is 2.22. The third-order valence-electron chi connectivity index (χ3n) is 4.73. The summed E-state index contributed by atoms with van der Waals surface area (Å²) in [7, 11) is 0. The molecule has 1 aliphatic carbocycles. The number of nitrogens with zero attached hydrogens (tertiary/aromatic N) is 4. The Morgan fingerprint density at radius 1 is 1.29 bits per heavy atom. The fraction of sp³-hybridized carbons (Fsp3) is 0.500. The molecule has 0 radical (unpaired) electrons. The summed E-state index contributed by atoms with van der Waals surface area (Å²) < 4.78 is 7.58. The monoisotopic (exact) mass is 326 g/mol. The molecule has 0 N–H and O–H groups in total. The first-order chi connectivity index (χ1) is 11.8. The second-order valence-electron chi connectivity index (χ2n) is 6.67. The van der Waals surface area contributed by atoms with Gasteiger partial charge in [0.25, 0.3) is 5.91 Å². The predicted molar refractivity (Wildman–Crippen MR) is 88.9 cm³/mol. The Hall–Kier alpha value is -2.37. The van der Waals surface area contributed by atoms with Crippen molar-refractivity contribution in [2.24, 2.45) is 5.92 Å². The molecule has 1 saturated heterocycles. The summed E-state index contributed by atoms with van der Waals surface area (Å²) in [5.74, 6) is 1.33. The van der Waals surface area contributed by atoms with E-state index in [9.17, 15) is 4.79 Å². The second-order valence-corrected chi connectivity index (χ2v) is 6.67. The van der Waals surface area contributed by atoms with Crippen LogP contribution in [0.2, 0.25) is 0 Å². The topological polar surface area (TPSA) is 60.2 Å². The lowest BCUT2D eigenvalue weighted by atomic mass is 10.0. The molecule has 3 heterocycles. The molecular weight excluding hydrogens is 304 g/mol. The van der Waals surface area contributed by atoms with Crippen molar-refractivity contribution in [2.75, 3.05) is 19.7 Å². The van der Waals surface area contributed by atoms with Crippen LogP contribution in [0, 0.1) is 5.92 Å². The van der Waals surface area contributed by atoms with Gasteiger partial charge in [0.2, 0.25) is 5.88 Å². The van der Waals surface area contributed by atoms with Gasteiger partial charge in [0, 0.05) is 37.7 Å². The summed E-state index contributed by atoms with van der Waals surface area (Å²) in [5, 5.41) is 4.31. The number of aromatic nitrogens is 3. The van der Waals surface area contributed by atoms with Gasteiger partial charge in [-0.25, -0.2) is 4.98 Å². The number of rotatable bonds is 5. The van der Waals surface area contributed by atoms with Gasteiger partial charge in [-0.2, -0.15) is 5.10 Å². The molecule has 24 heavy (non-hydrogen) atoms. The highest BCUT2D eigenvalue weighted by Crippen LogP contribution is 2.29. The molecule has 126 valence electrons. The van der Waals surface area contributed by atoms with Crippen molar-refractivity contribution in [3.8, 4) is 5.88 Å². The molecule has 0 bridgehead atoms. The maximum absolute atomic E-state index is 12.7. The van der Waals surface area contributed by atoms with Crippen molar-refractivity contribution >= 4 is 5.91 Å². The lowest BCUT2D eigenvalue weighted by Crippen LogP contribution is -2.40. The number of hydrogen-bond acceptors (Lipinski definition) is 4. The van der Waals surface area contributed by atoms with Gasteiger partial charge in [0.1, 0.15) is 0 Å². The van der Waals surface area contributed by atoms with Crippen LogP contribution in [0.15, 0.2) is 36.8 Å². The minimum atomic E-state index is 0.0353. The number of ether oxygens (including phenoxy) is 1. The van der Waals surface area contributed by atoms with Crippen LogP contribution in [-0.4, -0.2) is 45.3 Å². The van der Waals surface area contributed by atoms with Crippen LogP contribution in [0.25, 0.3) is 0 Å². The van der Waals surface area contributed by atoms with E-state index >= 15 is 0 Å². The molecule has 1 atom stereocenters. The fourth-order valence-corrected chi connectivity index (χ4v) is 3.11. The Labute approximate surface area is 141 Å². The molecule has 0 aromatic carbocycles.